The summed E-state index contributed by atoms with van der Waals surface area (Å²) in [6.07, 6.45) is 6.58. The molecule has 1 saturated carbocycles. The molecule has 0 aromatic heterocycles. The monoisotopic (exact) mass is 182 g/mol. The van der Waals surface area contributed by atoms with Crippen molar-refractivity contribution in [1.29, 1.82) is 0 Å². The minimum Gasteiger partial charge on any atom is -0.300 e. The Kier molecular flexibility index (Phi) is 3.95. The van der Waals surface area contributed by atoms with Crippen molar-refractivity contribution in [3.8, 4) is 0 Å². The molecule has 0 saturated heterocycles. The molecule has 0 amide bonds. The topological polar surface area (TPSA) is 17.1 Å². The smallest absolute Gasteiger partial charge is 0.132 e. The molecule has 0 aromatic rings. The van der Waals surface area contributed by atoms with Crippen LogP contribution in [0.5, 0.6) is 0 Å². The highest BCUT2D eigenvalue weighted by molar-refractivity contribution is 5.78. The molecule has 13 heavy (non-hydrogen) atoms. The van der Waals surface area contributed by atoms with Gasteiger partial charge in [-0.05, 0) is 25.2 Å². The molecule has 3 atom stereocenters. The van der Waals surface area contributed by atoms with E-state index in [-0.39, 0.29) is 0 Å². The molecule has 0 bridgehead atoms. The van der Waals surface area contributed by atoms with Gasteiger partial charge in [-0.15, -0.1) is 0 Å². The zero-order valence-corrected chi connectivity index (χ0v) is 9.18. The van der Waals surface area contributed by atoms with E-state index in [2.05, 4.69) is 13.8 Å². The molecule has 1 aliphatic carbocycles. The lowest BCUT2D eigenvalue weighted by molar-refractivity contribution is -0.122. The summed E-state index contributed by atoms with van der Waals surface area (Å²) in [5, 5.41) is 0. The second-order valence-electron chi connectivity index (χ2n) is 4.52. The van der Waals surface area contributed by atoms with Crippen molar-refractivity contribution in [3.05, 3.63) is 0 Å². The molecule has 0 N–H and O–H groups in total. The number of ketones is 1. The largest absolute Gasteiger partial charge is 0.300 e. The van der Waals surface area contributed by atoms with E-state index in [9.17, 15) is 4.79 Å². The normalized spacial score (nSPS) is 31.3. The third kappa shape index (κ3) is 2.55. The van der Waals surface area contributed by atoms with Crippen molar-refractivity contribution in [2.24, 2.45) is 17.8 Å². The van der Waals surface area contributed by atoms with Crippen LogP contribution < -0.4 is 0 Å². The number of hydrogen-bond acceptors (Lipinski definition) is 1. The average molecular weight is 182 g/mol. The fourth-order valence-corrected chi connectivity index (χ4v) is 2.70. The van der Waals surface area contributed by atoms with Crippen LogP contribution in [0.4, 0.5) is 0 Å². The van der Waals surface area contributed by atoms with Crippen LogP contribution in [0, 0.1) is 17.8 Å². The first-order valence-electron chi connectivity index (χ1n) is 5.67. The van der Waals surface area contributed by atoms with Crippen molar-refractivity contribution < 1.29 is 4.79 Å². The van der Waals surface area contributed by atoms with Crippen molar-refractivity contribution in [2.45, 2.75) is 52.9 Å². The van der Waals surface area contributed by atoms with Crippen molar-refractivity contribution in [1.82, 2.24) is 0 Å². The minimum absolute atomic E-state index is 0.297. The highest BCUT2D eigenvalue weighted by atomic mass is 16.1. The Morgan fingerprint density at radius 3 is 2.54 bits per heavy atom. The van der Waals surface area contributed by atoms with E-state index >= 15 is 0 Å². The fraction of sp³-hybridized carbons (Fsp3) is 0.917. The molecule has 1 heteroatoms. The Bertz CT molecular complexity index is 174. The van der Waals surface area contributed by atoms with Gasteiger partial charge in [0, 0.05) is 5.92 Å². The van der Waals surface area contributed by atoms with Crippen LogP contribution in [-0.4, -0.2) is 5.78 Å². The summed E-state index contributed by atoms with van der Waals surface area (Å²) in [6.45, 7) is 6.11. The fourth-order valence-electron chi connectivity index (χ4n) is 2.70. The number of rotatable bonds is 3. The standard InChI is InChI=1S/C12H22O/c1-4-11-7-5-6-8-12(11)9(2)10(3)13/h9,11-12H,4-8H2,1-3H3. The molecular formula is C12H22O. The Balaban J connectivity index is 2.58. The van der Waals surface area contributed by atoms with Crippen LogP contribution in [0.2, 0.25) is 0 Å². The molecule has 1 aliphatic rings. The molecule has 0 aromatic carbocycles. The average Bonchev–Trinajstić information content (AvgIpc) is 2.16. The Morgan fingerprint density at radius 1 is 1.38 bits per heavy atom. The van der Waals surface area contributed by atoms with Gasteiger partial charge in [0.2, 0.25) is 0 Å². The molecule has 0 spiro atoms. The summed E-state index contributed by atoms with van der Waals surface area (Å²) < 4.78 is 0. The van der Waals surface area contributed by atoms with Gasteiger partial charge in [-0.1, -0.05) is 39.5 Å². The third-order valence-electron chi connectivity index (χ3n) is 3.78. The van der Waals surface area contributed by atoms with Crippen molar-refractivity contribution in [2.75, 3.05) is 0 Å². The summed E-state index contributed by atoms with van der Waals surface area (Å²) >= 11 is 0. The van der Waals surface area contributed by atoms with Crippen LogP contribution in [0.1, 0.15) is 52.9 Å². The van der Waals surface area contributed by atoms with Crippen molar-refractivity contribution in [3.63, 3.8) is 0 Å². The van der Waals surface area contributed by atoms with E-state index in [0.29, 0.717) is 17.6 Å². The van der Waals surface area contributed by atoms with Crippen LogP contribution >= 0.6 is 0 Å². The third-order valence-corrected chi connectivity index (χ3v) is 3.78. The summed E-state index contributed by atoms with van der Waals surface area (Å²) in [7, 11) is 0. The maximum Gasteiger partial charge on any atom is 0.132 e. The Labute approximate surface area is 81.9 Å². The summed E-state index contributed by atoms with van der Waals surface area (Å²) in [6, 6.07) is 0. The zero-order chi connectivity index (χ0) is 9.84. The van der Waals surface area contributed by atoms with Gasteiger partial charge in [-0.25, -0.2) is 0 Å². The minimum atomic E-state index is 0.297. The lowest BCUT2D eigenvalue weighted by atomic mass is 9.71. The molecule has 3 unspecified atom stereocenters. The number of hydrogen-bond donors (Lipinski definition) is 0. The molecule has 76 valence electrons. The number of carbonyl (C=O) groups is 1. The van der Waals surface area contributed by atoms with E-state index in [1.54, 1.807) is 6.92 Å². The SMILES string of the molecule is CCC1CCCCC1C(C)C(C)=O. The molecule has 0 heterocycles. The van der Waals surface area contributed by atoms with Gasteiger partial charge in [0.1, 0.15) is 5.78 Å². The first-order valence-corrected chi connectivity index (χ1v) is 5.67. The zero-order valence-electron chi connectivity index (χ0n) is 9.18. The quantitative estimate of drug-likeness (QED) is 0.653. The maximum absolute atomic E-state index is 11.3. The van der Waals surface area contributed by atoms with Crippen LogP contribution in [0.3, 0.4) is 0 Å². The molecule has 1 nitrogen and oxygen atoms in total. The van der Waals surface area contributed by atoms with E-state index < -0.39 is 0 Å². The molecule has 0 radical (unpaired) electrons. The highest BCUT2D eigenvalue weighted by Gasteiger charge is 2.30. The second kappa shape index (κ2) is 4.78. The Hall–Kier alpha value is -0.330. The van der Waals surface area contributed by atoms with Gasteiger partial charge >= 0.3 is 0 Å². The lowest BCUT2D eigenvalue weighted by Crippen LogP contribution is -2.28. The molecular weight excluding hydrogens is 160 g/mol. The highest BCUT2D eigenvalue weighted by Crippen LogP contribution is 2.37. The predicted molar refractivity (Wildman–Crippen MR) is 55.6 cm³/mol. The van der Waals surface area contributed by atoms with Crippen molar-refractivity contribution >= 4 is 5.78 Å². The first kappa shape index (κ1) is 10.7. The number of Topliss-reactive ketones (excluding diaryl/α,β-unsaturated/α-hetero) is 1. The van der Waals surface area contributed by atoms with Crippen LogP contribution in [0.25, 0.3) is 0 Å². The first-order chi connectivity index (χ1) is 6.16. The van der Waals surface area contributed by atoms with Gasteiger partial charge in [-0.3, -0.25) is 4.79 Å². The van der Waals surface area contributed by atoms with E-state index in [0.717, 1.165) is 5.92 Å². The van der Waals surface area contributed by atoms with E-state index in [1.165, 1.54) is 32.1 Å². The van der Waals surface area contributed by atoms with Crippen LogP contribution in [-0.2, 0) is 4.79 Å². The van der Waals surface area contributed by atoms with Crippen LogP contribution in [0.15, 0.2) is 0 Å². The molecule has 1 rings (SSSR count). The molecule has 0 aliphatic heterocycles. The van der Waals surface area contributed by atoms with E-state index in [1.807, 2.05) is 0 Å². The maximum atomic E-state index is 11.3. The number of carbonyl (C=O) groups excluding carboxylic acids is 1. The second-order valence-corrected chi connectivity index (χ2v) is 4.52. The lowest BCUT2D eigenvalue weighted by Gasteiger charge is -2.34. The summed E-state index contributed by atoms with van der Waals surface area (Å²) in [5.41, 5.74) is 0. The van der Waals surface area contributed by atoms with Gasteiger partial charge in [0.05, 0.1) is 0 Å². The van der Waals surface area contributed by atoms with Gasteiger partial charge in [0.15, 0.2) is 0 Å². The predicted octanol–water partition coefficient (Wildman–Crippen LogP) is 3.43. The summed E-state index contributed by atoms with van der Waals surface area (Å²) in [4.78, 5) is 11.3. The van der Waals surface area contributed by atoms with Gasteiger partial charge in [0.25, 0.3) is 0 Å². The van der Waals surface area contributed by atoms with Gasteiger partial charge in [-0.2, -0.15) is 0 Å². The van der Waals surface area contributed by atoms with E-state index in [4.69, 9.17) is 0 Å². The van der Waals surface area contributed by atoms with Gasteiger partial charge < -0.3 is 0 Å². The Morgan fingerprint density at radius 2 is 2.00 bits per heavy atom. The molecule has 1 fully saturated rings. The summed E-state index contributed by atoms with van der Waals surface area (Å²) in [5.74, 6) is 2.17.